The zero-order chi connectivity index (χ0) is 19.2. The van der Waals surface area contributed by atoms with Crippen LogP contribution in [-0.4, -0.2) is 112 Å². The van der Waals surface area contributed by atoms with Gasteiger partial charge in [0, 0.05) is 0 Å². The van der Waals surface area contributed by atoms with E-state index in [9.17, 15) is 35.7 Å². The van der Waals surface area contributed by atoms with Crippen LogP contribution in [0, 0.1) is 0 Å². The summed E-state index contributed by atoms with van der Waals surface area (Å²) in [6.45, 7) is -1.45. The predicted octanol–water partition coefficient (Wildman–Crippen LogP) is -3.95. The molecule has 0 aliphatic carbocycles. The second-order valence-corrected chi connectivity index (χ2v) is 8.10. The number of alkyl halides is 2. The van der Waals surface area contributed by atoms with Gasteiger partial charge < -0.3 is 55.1 Å². The Morgan fingerprint density at radius 1 is 0.880 bits per heavy atom. The highest BCUT2D eigenvalue weighted by Crippen LogP contribution is 2.45. The summed E-state index contributed by atoms with van der Waals surface area (Å²) in [4.78, 5) is 0. The van der Waals surface area contributed by atoms with Gasteiger partial charge in [-0.15, -0.1) is 0 Å². The van der Waals surface area contributed by atoms with E-state index in [2.05, 4.69) is 31.9 Å². The Bertz CT molecular complexity index is 462. The summed E-state index contributed by atoms with van der Waals surface area (Å²) in [5.41, 5.74) is 0. The summed E-state index contributed by atoms with van der Waals surface area (Å²) >= 11 is 5.35. The van der Waals surface area contributed by atoms with Gasteiger partial charge in [0.25, 0.3) is 4.70 Å². The first-order chi connectivity index (χ1) is 11.5. The van der Waals surface area contributed by atoms with Crippen LogP contribution in [0.25, 0.3) is 0 Å². The normalized spacial score (nSPS) is 54.5. The van der Waals surface area contributed by atoms with E-state index in [4.69, 9.17) is 19.3 Å². The molecule has 0 radical (unpaired) electrons. The van der Waals surface area contributed by atoms with Gasteiger partial charge in [-0.05, 0) is 31.9 Å². The fraction of sp³-hybridized carbons (Fsp3) is 1.00. The number of ether oxygens (including phenoxy) is 3. The third-order valence-electron chi connectivity index (χ3n) is 4.13. The van der Waals surface area contributed by atoms with Gasteiger partial charge in [-0.3, -0.25) is 0 Å². The monoisotopic (exact) mass is 498 g/mol. The van der Waals surface area contributed by atoms with Gasteiger partial charge >= 0.3 is 0 Å². The SMILES string of the molecule is OC[C@H]1O[C@@H](O[C@@H]2[C@@H](CO)OC(O)(Br)[C@@](O)(Br)[C@H]2O)[C@H](O)[C@@H](O)[C@H]1O. The molecule has 10 atom stereocenters. The van der Waals surface area contributed by atoms with E-state index in [1.54, 1.807) is 0 Å². The van der Waals surface area contributed by atoms with Crippen molar-refractivity contribution in [2.45, 2.75) is 58.2 Å². The van der Waals surface area contributed by atoms with Crippen LogP contribution < -0.4 is 0 Å². The lowest BCUT2D eigenvalue weighted by Crippen LogP contribution is -2.70. The molecule has 0 aromatic heterocycles. The largest absolute Gasteiger partial charge is 0.394 e. The lowest BCUT2D eigenvalue weighted by Gasteiger charge is -2.50. The quantitative estimate of drug-likeness (QED) is 0.176. The van der Waals surface area contributed by atoms with Gasteiger partial charge in [0.1, 0.15) is 42.7 Å². The van der Waals surface area contributed by atoms with E-state index < -0.39 is 71.4 Å². The third-order valence-corrected chi connectivity index (χ3v) is 6.46. The molecule has 0 amide bonds. The lowest BCUT2D eigenvalue weighted by atomic mass is 9.97. The van der Waals surface area contributed by atoms with Crippen molar-refractivity contribution in [2.75, 3.05) is 13.2 Å². The minimum atomic E-state index is -2.47. The Morgan fingerprint density at radius 3 is 1.96 bits per heavy atom. The van der Waals surface area contributed by atoms with Gasteiger partial charge in [-0.25, -0.2) is 0 Å². The molecule has 0 bridgehead atoms. The minimum absolute atomic E-state index is 0.693. The highest BCUT2D eigenvalue weighted by Gasteiger charge is 2.63. The molecule has 2 aliphatic rings. The number of hydrogen-bond donors (Lipinski definition) is 8. The molecule has 0 saturated carbocycles. The highest BCUT2D eigenvalue weighted by atomic mass is 79.9. The molecular weight excluding hydrogens is 480 g/mol. The third kappa shape index (κ3) is 3.89. The molecule has 8 N–H and O–H groups in total. The molecule has 148 valence electrons. The first-order valence-corrected chi connectivity index (χ1v) is 8.81. The van der Waals surface area contributed by atoms with Gasteiger partial charge in [0.2, 0.25) is 4.51 Å². The van der Waals surface area contributed by atoms with Crippen LogP contribution in [-0.2, 0) is 14.2 Å². The minimum Gasteiger partial charge on any atom is -0.394 e. The fourth-order valence-corrected chi connectivity index (χ4v) is 3.42. The molecule has 2 fully saturated rings. The number of hydrogen-bond acceptors (Lipinski definition) is 11. The van der Waals surface area contributed by atoms with Crippen molar-refractivity contribution in [2.24, 2.45) is 0 Å². The topological polar surface area (TPSA) is 190 Å². The maximum atomic E-state index is 10.3. The van der Waals surface area contributed by atoms with Crippen LogP contribution in [0.2, 0.25) is 0 Å². The lowest BCUT2D eigenvalue weighted by molar-refractivity contribution is -0.365. The standard InChI is InChI=1S/C12H20Br2O11/c13-11(21)9(20)8(4(2-16)25-12(11,14)22)24-10-7(19)6(18)5(17)3(1-15)23-10/h3-10,15-22H,1-2H2/t3-,4-,5+,6+,7-,8-,9+,10+,11-,12?/m1/s1. The van der Waals surface area contributed by atoms with Crippen LogP contribution >= 0.6 is 31.9 Å². The first-order valence-electron chi connectivity index (χ1n) is 7.23. The molecule has 1 unspecified atom stereocenters. The Labute approximate surface area is 158 Å². The molecule has 0 aromatic rings. The Kier molecular flexibility index (Phi) is 6.87. The van der Waals surface area contributed by atoms with Crippen LogP contribution in [0.15, 0.2) is 0 Å². The zero-order valence-electron chi connectivity index (χ0n) is 12.6. The van der Waals surface area contributed by atoms with Gasteiger partial charge in [0.05, 0.1) is 13.2 Å². The molecule has 2 aliphatic heterocycles. The maximum absolute atomic E-state index is 10.3. The van der Waals surface area contributed by atoms with Gasteiger partial charge in [-0.2, -0.15) is 0 Å². The van der Waals surface area contributed by atoms with Crippen molar-refractivity contribution in [1.82, 2.24) is 0 Å². The summed E-state index contributed by atoms with van der Waals surface area (Å²) < 4.78 is 10.6. The summed E-state index contributed by atoms with van der Waals surface area (Å²) in [6.07, 6.45) is -12.8. The molecule has 0 spiro atoms. The van der Waals surface area contributed by atoms with Crippen molar-refractivity contribution in [3.63, 3.8) is 0 Å². The van der Waals surface area contributed by atoms with E-state index in [0.717, 1.165) is 0 Å². The second kappa shape index (κ2) is 7.87. The van der Waals surface area contributed by atoms with Crippen molar-refractivity contribution in [3.8, 4) is 0 Å². The predicted molar refractivity (Wildman–Crippen MR) is 84.4 cm³/mol. The molecule has 2 rings (SSSR count). The van der Waals surface area contributed by atoms with E-state index in [1.165, 1.54) is 0 Å². The number of aliphatic hydroxyl groups excluding tert-OH is 6. The van der Waals surface area contributed by atoms with Crippen LogP contribution in [0.1, 0.15) is 0 Å². The molecule has 13 heteroatoms. The number of aliphatic hydroxyl groups is 8. The van der Waals surface area contributed by atoms with Crippen LogP contribution in [0.5, 0.6) is 0 Å². The Balaban J connectivity index is 2.21. The first kappa shape index (κ1) is 21.8. The summed E-state index contributed by atoms with van der Waals surface area (Å²) in [5.74, 6) is 0. The van der Waals surface area contributed by atoms with Gasteiger partial charge in [-0.1, -0.05) is 0 Å². The molecule has 25 heavy (non-hydrogen) atoms. The van der Waals surface area contributed by atoms with E-state index in [1.807, 2.05) is 0 Å². The molecule has 2 saturated heterocycles. The molecular formula is C12H20Br2O11. The summed E-state index contributed by atoms with van der Waals surface area (Å²) in [7, 11) is 0. The smallest absolute Gasteiger partial charge is 0.267 e. The highest BCUT2D eigenvalue weighted by molar-refractivity contribution is 9.12. The number of rotatable bonds is 4. The Morgan fingerprint density at radius 2 is 1.44 bits per heavy atom. The fourth-order valence-electron chi connectivity index (χ4n) is 2.59. The van der Waals surface area contributed by atoms with Crippen molar-refractivity contribution in [1.29, 1.82) is 0 Å². The van der Waals surface area contributed by atoms with E-state index in [-0.39, 0.29) is 0 Å². The molecule has 2 heterocycles. The van der Waals surface area contributed by atoms with Crippen LogP contribution in [0.3, 0.4) is 0 Å². The molecule has 0 aromatic carbocycles. The van der Waals surface area contributed by atoms with Gasteiger partial charge in [0.15, 0.2) is 6.29 Å². The van der Waals surface area contributed by atoms with Crippen molar-refractivity contribution < 1.29 is 55.1 Å². The average molecular weight is 500 g/mol. The van der Waals surface area contributed by atoms with Crippen molar-refractivity contribution in [3.05, 3.63) is 0 Å². The van der Waals surface area contributed by atoms with Crippen molar-refractivity contribution >= 4 is 31.9 Å². The van der Waals surface area contributed by atoms with Crippen LogP contribution in [0.4, 0.5) is 0 Å². The average Bonchev–Trinajstić information content (AvgIpc) is 2.55. The Hall–Kier alpha value is 0.520. The second-order valence-electron chi connectivity index (χ2n) is 5.82. The maximum Gasteiger partial charge on any atom is 0.267 e. The number of halogens is 2. The summed E-state index contributed by atoms with van der Waals surface area (Å²) in [6, 6.07) is 0. The van der Waals surface area contributed by atoms with E-state index >= 15 is 0 Å². The summed E-state index contributed by atoms with van der Waals surface area (Å²) in [5, 5.41) is 78.5. The van der Waals surface area contributed by atoms with E-state index in [0.29, 0.717) is 0 Å². The molecule has 11 nitrogen and oxygen atoms in total. The zero-order valence-corrected chi connectivity index (χ0v) is 15.8.